The number of aromatic nitrogens is 1. The van der Waals surface area contributed by atoms with Gasteiger partial charge in [0, 0.05) is 18.5 Å². The summed E-state index contributed by atoms with van der Waals surface area (Å²) >= 11 is 1.58. The van der Waals surface area contributed by atoms with Crippen molar-refractivity contribution in [3.63, 3.8) is 0 Å². The zero-order valence-electron chi connectivity index (χ0n) is 13.5. The first kappa shape index (κ1) is 16.5. The number of amides is 1. The molecule has 1 amide bonds. The smallest absolute Gasteiger partial charge is 0.228 e. The van der Waals surface area contributed by atoms with Crippen LogP contribution in [0, 0.1) is 6.92 Å². The van der Waals surface area contributed by atoms with Crippen LogP contribution in [0.25, 0.3) is 0 Å². The normalized spacial score (nSPS) is 12.0. The molecule has 0 N–H and O–H groups in total. The third-order valence-corrected chi connectivity index (χ3v) is 4.58. The summed E-state index contributed by atoms with van der Waals surface area (Å²) in [7, 11) is 3.52. The molecule has 0 unspecified atom stereocenters. The van der Waals surface area contributed by atoms with Crippen molar-refractivity contribution in [2.75, 3.05) is 14.2 Å². The second-order valence-corrected chi connectivity index (χ2v) is 6.47. The summed E-state index contributed by atoms with van der Waals surface area (Å²) in [6.45, 7) is 4.00. The molecule has 4 nitrogen and oxygen atoms in total. The second-order valence-electron chi connectivity index (χ2n) is 5.40. The highest BCUT2D eigenvalue weighted by Crippen LogP contribution is 2.20. The number of methoxy groups -OCH3 is 1. The Morgan fingerprint density at radius 3 is 2.77 bits per heavy atom. The Labute approximate surface area is 135 Å². The summed E-state index contributed by atoms with van der Waals surface area (Å²) < 4.78 is 5.37. The molecule has 0 radical (unpaired) electrons. The standard InChI is InChI=1S/C17H22N2O2S/c1-12(9-14-7-5-6-8-16(14)21-4)19(3)17(20)10-15-11-22-13(2)18-15/h5-8,11-12H,9-10H2,1-4H3/t12-/m0/s1. The zero-order valence-corrected chi connectivity index (χ0v) is 14.3. The van der Waals surface area contributed by atoms with E-state index in [0.717, 1.165) is 28.4 Å². The maximum absolute atomic E-state index is 12.4. The third kappa shape index (κ3) is 4.07. The van der Waals surface area contributed by atoms with Gasteiger partial charge in [-0.1, -0.05) is 18.2 Å². The lowest BCUT2D eigenvalue weighted by Crippen LogP contribution is -2.37. The fourth-order valence-corrected chi connectivity index (χ4v) is 2.95. The summed E-state index contributed by atoms with van der Waals surface area (Å²) in [6.07, 6.45) is 1.12. The molecule has 2 aromatic rings. The molecule has 1 aromatic carbocycles. The van der Waals surface area contributed by atoms with Crippen molar-refractivity contribution in [1.29, 1.82) is 0 Å². The largest absolute Gasteiger partial charge is 0.496 e. The van der Waals surface area contributed by atoms with Gasteiger partial charge in [0.25, 0.3) is 0 Å². The number of nitrogens with zero attached hydrogens (tertiary/aromatic N) is 2. The van der Waals surface area contributed by atoms with Gasteiger partial charge < -0.3 is 9.64 Å². The lowest BCUT2D eigenvalue weighted by molar-refractivity contribution is -0.130. The summed E-state index contributed by atoms with van der Waals surface area (Å²) in [5.74, 6) is 0.957. The van der Waals surface area contributed by atoms with Gasteiger partial charge >= 0.3 is 0 Å². The van der Waals surface area contributed by atoms with Crippen molar-refractivity contribution in [3.8, 4) is 5.75 Å². The summed E-state index contributed by atoms with van der Waals surface area (Å²) in [5, 5.41) is 2.94. The number of ether oxygens (including phenoxy) is 1. The van der Waals surface area contributed by atoms with E-state index in [4.69, 9.17) is 4.74 Å². The molecule has 1 aromatic heterocycles. The average molecular weight is 318 g/mol. The lowest BCUT2D eigenvalue weighted by atomic mass is 10.0. The molecule has 118 valence electrons. The van der Waals surface area contributed by atoms with E-state index < -0.39 is 0 Å². The van der Waals surface area contributed by atoms with Crippen LogP contribution in [0.2, 0.25) is 0 Å². The van der Waals surface area contributed by atoms with E-state index in [1.165, 1.54) is 0 Å². The van der Waals surface area contributed by atoms with Crippen molar-refractivity contribution < 1.29 is 9.53 Å². The number of hydrogen-bond donors (Lipinski definition) is 0. The molecule has 22 heavy (non-hydrogen) atoms. The molecule has 0 aliphatic rings. The van der Waals surface area contributed by atoms with Crippen LogP contribution in [-0.2, 0) is 17.6 Å². The average Bonchev–Trinajstić information content (AvgIpc) is 2.92. The van der Waals surface area contributed by atoms with Crippen LogP contribution in [0.4, 0.5) is 0 Å². The SMILES string of the molecule is COc1ccccc1C[C@H](C)N(C)C(=O)Cc1csc(C)n1. The minimum absolute atomic E-state index is 0.0905. The number of carbonyl (C=O) groups excluding carboxylic acids is 1. The number of para-hydroxylation sites is 1. The Balaban J connectivity index is 1.99. The van der Waals surface area contributed by atoms with Gasteiger partial charge in [0.15, 0.2) is 0 Å². The molecule has 0 spiro atoms. The second kappa shape index (κ2) is 7.40. The lowest BCUT2D eigenvalue weighted by Gasteiger charge is -2.25. The fourth-order valence-electron chi connectivity index (χ4n) is 2.34. The molecule has 0 aliphatic heterocycles. The highest BCUT2D eigenvalue weighted by atomic mass is 32.1. The van der Waals surface area contributed by atoms with E-state index >= 15 is 0 Å². The Kier molecular flexibility index (Phi) is 5.55. The molecule has 0 aliphatic carbocycles. The number of aryl methyl sites for hydroxylation is 1. The molecule has 0 bridgehead atoms. The monoisotopic (exact) mass is 318 g/mol. The van der Waals surface area contributed by atoms with Gasteiger partial charge in [-0.05, 0) is 31.9 Å². The number of carbonyl (C=O) groups is 1. The number of benzene rings is 1. The Morgan fingerprint density at radius 2 is 2.14 bits per heavy atom. The molecular weight excluding hydrogens is 296 g/mol. The minimum Gasteiger partial charge on any atom is -0.496 e. The van der Waals surface area contributed by atoms with E-state index in [9.17, 15) is 4.79 Å². The van der Waals surface area contributed by atoms with Crippen LogP contribution in [0.15, 0.2) is 29.6 Å². The van der Waals surface area contributed by atoms with Gasteiger partial charge in [-0.25, -0.2) is 4.98 Å². The summed E-state index contributed by atoms with van der Waals surface area (Å²) in [4.78, 5) is 18.5. The van der Waals surface area contributed by atoms with Crippen LogP contribution in [0.5, 0.6) is 5.75 Å². The van der Waals surface area contributed by atoms with E-state index in [0.29, 0.717) is 6.42 Å². The van der Waals surface area contributed by atoms with Crippen molar-refractivity contribution in [3.05, 3.63) is 45.9 Å². The Bertz CT molecular complexity index is 639. The summed E-state index contributed by atoms with van der Waals surface area (Å²) in [6, 6.07) is 8.03. The molecular formula is C17H22N2O2S. The van der Waals surface area contributed by atoms with Gasteiger partial charge in [0.1, 0.15) is 5.75 Å². The molecule has 5 heteroatoms. The van der Waals surface area contributed by atoms with E-state index in [-0.39, 0.29) is 11.9 Å². The quantitative estimate of drug-likeness (QED) is 0.822. The molecule has 0 saturated carbocycles. The maximum atomic E-state index is 12.4. The van der Waals surface area contributed by atoms with E-state index in [1.807, 2.05) is 43.6 Å². The van der Waals surface area contributed by atoms with E-state index in [1.54, 1.807) is 23.3 Å². The third-order valence-electron chi connectivity index (χ3n) is 3.76. The maximum Gasteiger partial charge on any atom is 0.228 e. The molecule has 2 rings (SSSR count). The van der Waals surface area contributed by atoms with Gasteiger partial charge in [0.2, 0.25) is 5.91 Å². The Morgan fingerprint density at radius 1 is 1.41 bits per heavy atom. The van der Waals surface area contributed by atoms with Crippen LogP contribution >= 0.6 is 11.3 Å². The van der Waals surface area contributed by atoms with Gasteiger partial charge in [-0.3, -0.25) is 4.79 Å². The molecule has 0 saturated heterocycles. The highest BCUT2D eigenvalue weighted by molar-refractivity contribution is 7.09. The van der Waals surface area contributed by atoms with Gasteiger partial charge in [-0.2, -0.15) is 0 Å². The van der Waals surface area contributed by atoms with Crippen molar-refractivity contribution in [2.24, 2.45) is 0 Å². The highest BCUT2D eigenvalue weighted by Gasteiger charge is 2.18. The predicted octanol–water partition coefficient (Wildman–Crippen LogP) is 3.09. The van der Waals surface area contributed by atoms with Crippen LogP contribution in [0.3, 0.4) is 0 Å². The molecule has 1 atom stereocenters. The van der Waals surface area contributed by atoms with Crippen molar-refractivity contribution >= 4 is 17.2 Å². The number of likely N-dealkylation sites (N-methyl/N-ethyl adjacent to an activating group) is 1. The van der Waals surface area contributed by atoms with Crippen LogP contribution < -0.4 is 4.74 Å². The zero-order chi connectivity index (χ0) is 16.1. The van der Waals surface area contributed by atoms with Crippen molar-refractivity contribution in [2.45, 2.75) is 32.7 Å². The first-order valence-electron chi connectivity index (χ1n) is 7.29. The molecule has 0 fully saturated rings. The molecule has 1 heterocycles. The van der Waals surface area contributed by atoms with Crippen LogP contribution in [-0.4, -0.2) is 36.0 Å². The van der Waals surface area contributed by atoms with E-state index in [2.05, 4.69) is 11.9 Å². The first-order chi connectivity index (χ1) is 10.5. The fraction of sp³-hybridized carbons (Fsp3) is 0.412. The van der Waals surface area contributed by atoms with Crippen LogP contribution in [0.1, 0.15) is 23.2 Å². The predicted molar refractivity (Wildman–Crippen MR) is 89.5 cm³/mol. The minimum atomic E-state index is 0.0905. The summed E-state index contributed by atoms with van der Waals surface area (Å²) in [5.41, 5.74) is 1.96. The topological polar surface area (TPSA) is 42.4 Å². The number of rotatable bonds is 6. The Hall–Kier alpha value is -1.88. The number of thiazole rings is 1. The van der Waals surface area contributed by atoms with Crippen molar-refractivity contribution in [1.82, 2.24) is 9.88 Å². The first-order valence-corrected chi connectivity index (χ1v) is 8.17. The van der Waals surface area contributed by atoms with Gasteiger partial charge in [0.05, 0.1) is 24.2 Å². The number of hydrogen-bond acceptors (Lipinski definition) is 4. The van der Waals surface area contributed by atoms with Gasteiger partial charge in [-0.15, -0.1) is 11.3 Å².